The number of hydrogen-bond acceptors (Lipinski definition) is 4. The van der Waals surface area contributed by atoms with Crippen molar-refractivity contribution >= 4 is 17.3 Å². The number of hydrogen-bond donors (Lipinski definition) is 3. The molecule has 0 aromatic heterocycles. The summed E-state index contributed by atoms with van der Waals surface area (Å²) in [5.74, 6) is -0.958. The Hall–Kier alpha value is -1.75. The Morgan fingerprint density at radius 3 is 2.62 bits per heavy atom. The van der Waals surface area contributed by atoms with Crippen LogP contribution in [-0.4, -0.2) is 41.7 Å². The number of carboxylic acids is 1. The Balaban J connectivity index is 2.59. The topological polar surface area (TPSA) is 78.6 Å². The molecule has 1 aromatic carbocycles. The maximum atomic E-state index is 11.2. The van der Waals surface area contributed by atoms with E-state index >= 15 is 0 Å². The fourth-order valence-electron chi connectivity index (χ4n) is 2.39. The fraction of sp³-hybridized carbons (Fsp3) is 0.562. The first kappa shape index (κ1) is 17.3. The number of nitrogens with zero attached hydrogens (tertiary/aromatic N) is 1. The van der Waals surface area contributed by atoms with Crippen molar-refractivity contribution in [2.45, 2.75) is 39.7 Å². The van der Waals surface area contributed by atoms with Crippen molar-refractivity contribution in [2.75, 3.05) is 30.7 Å². The first-order valence-electron chi connectivity index (χ1n) is 7.60. The highest BCUT2D eigenvalue weighted by Crippen LogP contribution is 2.25. The molecule has 0 spiro atoms. The molecule has 0 saturated carbocycles. The third kappa shape index (κ3) is 5.27. The number of benzene rings is 1. The molecule has 1 rings (SSSR count). The molecule has 0 fully saturated rings. The van der Waals surface area contributed by atoms with Crippen molar-refractivity contribution < 1.29 is 9.90 Å². The standard InChI is InChI=1S/C16H27N3O2/c1-4-19(5-2)11-7-8-12(3)18-15-13(16(20)21)9-6-10-14(15)17/h6,9-10,12,18H,4-5,7-8,11,17H2,1-3H3,(H,20,21). The summed E-state index contributed by atoms with van der Waals surface area (Å²) in [7, 11) is 0. The third-order valence-electron chi connectivity index (χ3n) is 3.72. The smallest absolute Gasteiger partial charge is 0.337 e. The molecular formula is C16H27N3O2. The molecule has 0 aliphatic carbocycles. The molecule has 0 bridgehead atoms. The normalized spacial score (nSPS) is 12.4. The van der Waals surface area contributed by atoms with Crippen molar-refractivity contribution in [3.63, 3.8) is 0 Å². The van der Waals surface area contributed by atoms with Crippen LogP contribution in [0.1, 0.15) is 44.0 Å². The summed E-state index contributed by atoms with van der Waals surface area (Å²) in [6.45, 7) is 9.57. The van der Waals surface area contributed by atoms with E-state index in [9.17, 15) is 9.90 Å². The van der Waals surface area contributed by atoms with Gasteiger partial charge in [0.1, 0.15) is 0 Å². The van der Waals surface area contributed by atoms with E-state index < -0.39 is 5.97 Å². The van der Waals surface area contributed by atoms with Gasteiger partial charge in [0, 0.05) is 6.04 Å². The van der Waals surface area contributed by atoms with Crippen LogP contribution in [0.15, 0.2) is 18.2 Å². The number of carbonyl (C=O) groups is 1. The third-order valence-corrected chi connectivity index (χ3v) is 3.72. The Morgan fingerprint density at radius 2 is 2.05 bits per heavy atom. The molecule has 21 heavy (non-hydrogen) atoms. The van der Waals surface area contributed by atoms with Gasteiger partial charge >= 0.3 is 5.97 Å². The Morgan fingerprint density at radius 1 is 1.38 bits per heavy atom. The monoisotopic (exact) mass is 293 g/mol. The Kier molecular flexibility index (Phi) is 7.02. The number of aromatic carboxylic acids is 1. The number of nitrogens with two attached hydrogens (primary N) is 1. The van der Waals surface area contributed by atoms with Gasteiger partial charge in [0.25, 0.3) is 0 Å². The predicted octanol–water partition coefficient (Wildman–Crippen LogP) is 2.89. The molecule has 1 atom stereocenters. The van der Waals surface area contributed by atoms with Gasteiger partial charge in [-0.05, 0) is 51.5 Å². The fourth-order valence-corrected chi connectivity index (χ4v) is 2.39. The van der Waals surface area contributed by atoms with Crippen LogP contribution in [0.5, 0.6) is 0 Å². The number of nitrogen functional groups attached to an aromatic ring is 1. The highest BCUT2D eigenvalue weighted by molar-refractivity contribution is 5.97. The van der Waals surface area contributed by atoms with Crippen molar-refractivity contribution in [3.05, 3.63) is 23.8 Å². The Bertz CT molecular complexity index is 459. The van der Waals surface area contributed by atoms with Gasteiger partial charge < -0.3 is 21.1 Å². The molecule has 5 heteroatoms. The van der Waals surface area contributed by atoms with Gasteiger partial charge in [0.2, 0.25) is 0 Å². The van der Waals surface area contributed by atoms with Crippen LogP contribution >= 0.6 is 0 Å². The van der Waals surface area contributed by atoms with E-state index in [1.54, 1.807) is 18.2 Å². The molecule has 1 unspecified atom stereocenters. The number of para-hydroxylation sites is 1. The molecule has 118 valence electrons. The Labute approximate surface area is 127 Å². The quantitative estimate of drug-likeness (QED) is 0.610. The average molecular weight is 293 g/mol. The van der Waals surface area contributed by atoms with Crippen LogP contribution < -0.4 is 11.1 Å². The molecule has 0 aliphatic rings. The number of nitrogens with one attached hydrogen (secondary N) is 1. The zero-order valence-corrected chi connectivity index (χ0v) is 13.2. The van der Waals surface area contributed by atoms with E-state index in [1.165, 1.54) is 0 Å². The summed E-state index contributed by atoms with van der Waals surface area (Å²) in [6, 6.07) is 5.14. The highest BCUT2D eigenvalue weighted by atomic mass is 16.4. The lowest BCUT2D eigenvalue weighted by Crippen LogP contribution is -2.26. The maximum absolute atomic E-state index is 11.2. The SMILES string of the molecule is CCN(CC)CCCC(C)Nc1c(N)cccc1C(=O)O. The molecule has 5 nitrogen and oxygen atoms in total. The first-order valence-corrected chi connectivity index (χ1v) is 7.60. The van der Waals surface area contributed by atoms with Gasteiger partial charge in [0.05, 0.1) is 16.9 Å². The van der Waals surface area contributed by atoms with Crippen LogP contribution in [-0.2, 0) is 0 Å². The van der Waals surface area contributed by atoms with Crippen LogP contribution in [0.4, 0.5) is 11.4 Å². The van der Waals surface area contributed by atoms with Gasteiger partial charge in [-0.1, -0.05) is 19.9 Å². The molecule has 4 N–H and O–H groups in total. The van der Waals surface area contributed by atoms with E-state index in [0.29, 0.717) is 11.4 Å². The molecule has 0 heterocycles. The minimum absolute atomic E-state index is 0.184. The van der Waals surface area contributed by atoms with Crippen molar-refractivity contribution in [3.8, 4) is 0 Å². The van der Waals surface area contributed by atoms with Gasteiger partial charge in [-0.2, -0.15) is 0 Å². The summed E-state index contributed by atoms with van der Waals surface area (Å²) in [4.78, 5) is 13.6. The number of carboxylic acid groups (broad SMARTS) is 1. The van der Waals surface area contributed by atoms with Crippen molar-refractivity contribution in [1.82, 2.24) is 4.90 Å². The van der Waals surface area contributed by atoms with Gasteiger partial charge in [-0.25, -0.2) is 4.79 Å². The van der Waals surface area contributed by atoms with E-state index in [4.69, 9.17) is 5.73 Å². The first-order chi connectivity index (χ1) is 9.99. The lowest BCUT2D eigenvalue weighted by molar-refractivity contribution is 0.0698. The zero-order chi connectivity index (χ0) is 15.8. The minimum atomic E-state index is -0.958. The lowest BCUT2D eigenvalue weighted by Gasteiger charge is -2.21. The second-order valence-electron chi connectivity index (χ2n) is 5.29. The van der Waals surface area contributed by atoms with Crippen LogP contribution in [0, 0.1) is 0 Å². The van der Waals surface area contributed by atoms with Crippen molar-refractivity contribution in [2.24, 2.45) is 0 Å². The lowest BCUT2D eigenvalue weighted by atomic mass is 10.1. The highest BCUT2D eigenvalue weighted by Gasteiger charge is 2.14. The number of rotatable bonds is 9. The van der Waals surface area contributed by atoms with Crippen LogP contribution in [0.3, 0.4) is 0 Å². The zero-order valence-electron chi connectivity index (χ0n) is 13.2. The predicted molar refractivity (Wildman–Crippen MR) is 87.9 cm³/mol. The molecule has 0 amide bonds. The summed E-state index contributed by atoms with van der Waals surface area (Å²) >= 11 is 0. The molecular weight excluding hydrogens is 266 g/mol. The van der Waals surface area contributed by atoms with Crippen LogP contribution in [0.2, 0.25) is 0 Å². The minimum Gasteiger partial charge on any atom is -0.478 e. The van der Waals surface area contributed by atoms with E-state index in [2.05, 4.69) is 31.0 Å². The molecule has 0 aliphatic heterocycles. The van der Waals surface area contributed by atoms with Crippen LogP contribution in [0.25, 0.3) is 0 Å². The van der Waals surface area contributed by atoms with Gasteiger partial charge in [-0.3, -0.25) is 0 Å². The molecule has 0 radical (unpaired) electrons. The summed E-state index contributed by atoms with van der Waals surface area (Å²) in [6.07, 6.45) is 2.05. The van der Waals surface area contributed by atoms with E-state index in [0.717, 1.165) is 32.5 Å². The van der Waals surface area contributed by atoms with E-state index in [-0.39, 0.29) is 11.6 Å². The molecule has 1 aromatic rings. The second kappa shape index (κ2) is 8.52. The van der Waals surface area contributed by atoms with Gasteiger partial charge in [-0.15, -0.1) is 0 Å². The van der Waals surface area contributed by atoms with E-state index in [1.807, 2.05) is 0 Å². The summed E-state index contributed by atoms with van der Waals surface area (Å²) in [5.41, 5.74) is 7.13. The van der Waals surface area contributed by atoms with Gasteiger partial charge in [0.15, 0.2) is 0 Å². The second-order valence-corrected chi connectivity index (χ2v) is 5.29. The summed E-state index contributed by atoms with van der Waals surface area (Å²) in [5, 5.41) is 12.5. The summed E-state index contributed by atoms with van der Waals surface area (Å²) < 4.78 is 0. The molecule has 0 saturated heterocycles. The van der Waals surface area contributed by atoms with Crippen molar-refractivity contribution in [1.29, 1.82) is 0 Å². The largest absolute Gasteiger partial charge is 0.478 e. The maximum Gasteiger partial charge on any atom is 0.337 e. The number of anilines is 2. The average Bonchev–Trinajstić information content (AvgIpc) is 2.45.